The summed E-state index contributed by atoms with van der Waals surface area (Å²) in [4.78, 5) is 8.27. The van der Waals surface area contributed by atoms with Crippen LogP contribution >= 0.6 is 11.8 Å². The Balaban J connectivity index is 2.26. The Morgan fingerprint density at radius 1 is 1.46 bits per heavy atom. The average molecular weight is 193 g/mol. The molecule has 0 amide bonds. The zero-order valence-corrected chi connectivity index (χ0v) is 7.80. The van der Waals surface area contributed by atoms with Gasteiger partial charge in [0.05, 0.1) is 24.0 Å². The van der Waals surface area contributed by atoms with Crippen molar-refractivity contribution in [3.05, 3.63) is 24.5 Å². The molecular weight excluding hydrogens is 184 g/mol. The summed E-state index contributed by atoms with van der Waals surface area (Å²) in [6, 6.07) is 5.97. The number of imidazole rings is 1. The molecule has 0 spiro atoms. The minimum atomic E-state index is -0.0384. The Morgan fingerprint density at radius 2 is 2.38 bits per heavy atom. The van der Waals surface area contributed by atoms with E-state index in [1.165, 1.54) is 0 Å². The van der Waals surface area contributed by atoms with Crippen molar-refractivity contribution in [2.24, 2.45) is 0 Å². The van der Waals surface area contributed by atoms with Gasteiger partial charge < -0.3 is 4.98 Å². The average Bonchev–Trinajstić information content (AvgIpc) is 2.61. The summed E-state index contributed by atoms with van der Waals surface area (Å²) in [5.74, 6) is 0.621. The maximum atomic E-state index is 10.3. The second kappa shape index (κ2) is 3.81. The van der Waals surface area contributed by atoms with Gasteiger partial charge in [0.25, 0.3) is 0 Å². The molecule has 1 heterocycles. The van der Waals surface area contributed by atoms with Crippen LogP contribution in [0.5, 0.6) is 0 Å². The number of hydrogen-bond acceptors (Lipinski definition) is 2. The van der Waals surface area contributed by atoms with E-state index in [4.69, 9.17) is 0 Å². The quantitative estimate of drug-likeness (QED) is 0.759. The summed E-state index contributed by atoms with van der Waals surface area (Å²) >= 11 is 1.57. The van der Waals surface area contributed by atoms with Crippen LogP contribution in [0.15, 0.2) is 29.4 Å². The first kappa shape index (κ1) is 8.59. The molecule has 0 fully saturated rings. The molecule has 0 bridgehead atoms. The van der Waals surface area contributed by atoms with E-state index in [2.05, 4.69) is 9.97 Å². The molecule has 0 saturated heterocycles. The highest BCUT2D eigenvalue weighted by Gasteiger charge is 1.98. The Labute approximate surface area is 80.2 Å². The highest BCUT2D eigenvalue weighted by Crippen LogP contribution is 2.21. The third-order valence-corrected chi connectivity index (χ3v) is 2.70. The van der Waals surface area contributed by atoms with E-state index in [0.717, 1.165) is 15.9 Å². The fraction of sp³-hybridized carbons (Fsp3) is 0.222. The zero-order valence-electron chi connectivity index (χ0n) is 6.99. The van der Waals surface area contributed by atoms with Gasteiger partial charge in [-0.05, 0) is 18.2 Å². The van der Waals surface area contributed by atoms with Crippen LogP contribution in [0.4, 0.5) is 0 Å². The lowest BCUT2D eigenvalue weighted by Gasteiger charge is -1.97. The van der Waals surface area contributed by atoms with E-state index in [1.807, 2.05) is 18.2 Å². The van der Waals surface area contributed by atoms with E-state index in [-0.39, 0.29) is 6.61 Å². The number of thioether (sulfide) groups is 1. The molecule has 13 heavy (non-hydrogen) atoms. The van der Waals surface area contributed by atoms with Crippen molar-refractivity contribution in [3.63, 3.8) is 0 Å². The second-order valence-corrected chi connectivity index (χ2v) is 3.80. The van der Waals surface area contributed by atoms with Crippen LogP contribution in [0.3, 0.4) is 0 Å². The molecule has 1 radical (unpaired) electrons. The summed E-state index contributed by atoms with van der Waals surface area (Å²) in [6.07, 6.45) is 1.67. The van der Waals surface area contributed by atoms with Crippen LogP contribution in [0.25, 0.3) is 11.0 Å². The standard InChI is InChI=1S/C9H9N2OS/c12-3-4-13-7-1-2-8-9(5-7)11-6-10-8/h1-2,5-6H,3-4H2,(H,10,11). The molecular formula is C9H9N2OS. The molecule has 1 aromatic heterocycles. The third kappa shape index (κ3) is 1.84. The first-order chi connectivity index (χ1) is 6.40. The number of fused-ring (bicyclic) bond motifs is 1. The monoisotopic (exact) mass is 193 g/mol. The van der Waals surface area contributed by atoms with Crippen molar-refractivity contribution >= 4 is 22.8 Å². The van der Waals surface area contributed by atoms with Gasteiger partial charge in [0, 0.05) is 10.6 Å². The molecule has 0 aliphatic carbocycles. The number of H-pyrrole nitrogens is 1. The third-order valence-electron chi connectivity index (χ3n) is 1.74. The fourth-order valence-electron chi connectivity index (χ4n) is 1.16. The van der Waals surface area contributed by atoms with Gasteiger partial charge in [-0.2, -0.15) is 0 Å². The lowest BCUT2D eigenvalue weighted by atomic mass is 10.3. The summed E-state index contributed by atoms with van der Waals surface area (Å²) < 4.78 is 0. The Hall–Kier alpha value is -1.00. The van der Waals surface area contributed by atoms with Crippen LogP contribution in [0.2, 0.25) is 0 Å². The number of nitrogens with one attached hydrogen (secondary N) is 1. The number of benzene rings is 1. The Morgan fingerprint density at radius 3 is 3.23 bits per heavy atom. The molecule has 1 aromatic carbocycles. The van der Waals surface area contributed by atoms with Crippen LogP contribution < -0.4 is 0 Å². The molecule has 0 aliphatic rings. The van der Waals surface area contributed by atoms with Gasteiger partial charge >= 0.3 is 0 Å². The van der Waals surface area contributed by atoms with E-state index < -0.39 is 0 Å². The molecule has 67 valence electrons. The number of aromatic nitrogens is 2. The number of hydrogen-bond donors (Lipinski definition) is 1. The number of aromatic amines is 1. The molecule has 0 saturated carbocycles. The number of rotatable bonds is 3. The van der Waals surface area contributed by atoms with Gasteiger partial charge in [0.1, 0.15) is 0 Å². The van der Waals surface area contributed by atoms with Crippen LogP contribution in [-0.4, -0.2) is 22.3 Å². The smallest absolute Gasteiger partial charge is 0.0931 e. The maximum absolute atomic E-state index is 10.3. The van der Waals surface area contributed by atoms with Gasteiger partial charge in [-0.3, -0.25) is 0 Å². The maximum Gasteiger partial charge on any atom is 0.0931 e. The van der Waals surface area contributed by atoms with Crippen molar-refractivity contribution < 1.29 is 5.11 Å². The van der Waals surface area contributed by atoms with Crippen molar-refractivity contribution in [2.45, 2.75) is 4.90 Å². The van der Waals surface area contributed by atoms with E-state index in [9.17, 15) is 5.11 Å². The highest BCUT2D eigenvalue weighted by atomic mass is 32.2. The summed E-state index contributed by atoms with van der Waals surface area (Å²) in [5, 5.41) is 10.3. The van der Waals surface area contributed by atoms with Gasteiger partial charge in [-0.15, -0.1) is 11.8 Å². The molecule has 4 heteroatoms. The van der Waals surface area contributed by atoms with E-state index in [0.29, 0.717) is 5.75 Å². The molecule has 1 N–H and O–H groups in total. The normalized spacial score (nSPS) is 10.8. The van der Waals surface area contributed by atoms with Crippen molar-refractivity contribution in [1.82, 2.24) is 9.97 Å². The highest BCUT2D eigenvalue weighted by molar-refractivity contribution is 7.99. The molecule has 2 rings (SSSR count). The molecule has 0 aliphatic heterocycles. The van der Waals surface area contributed by atoms with Gasteiger partial charge in [-0.25, -0.2) is 10.1 Å². The molecule has 3 nitrogen and oxygen atoms in total. The van der Waals surface area contributed by atoms with E-state index in [1.54, 1.807) is 18.1 Å². The minimum Gasteiger partial charge on any atom is -0.345 e. The first-order valence-electron chi connectivity index (χ1n) is 4.04. The van der Waals surface area contributed by atoms with Crippen LogP contribution in [0.1, 0.15) is 0 Å². The van der Waals surface area contributed by atoms with E-state index >= 15 is 0 Å². The summed E-state index contributed by atoms with van der Waals surface area (Å²) in [5.41, 5.74) is 1.99. The van der Waals surface area contributed by atoms with Crippen molar-refractivity contribution in [1.29, 1.82) is 0 Å². The minimum absolute atomic E-state index is 0.0384. The van der Waals surface area contributed by atoms with Gasteiger partial charge in [0.2, 0.25) is 0 Å². The predicted octanol–water partition coefficient (Wildman–Crippen LogP) is 2.09. The molecule has 0 unspecified atom stereocenters. The summed E-state index contributed by atoms with van der Waals surface area (Å²) in [7, 11) is 0. The largest absolute Gasteiger partial charge is 0.345 e. The molecule has 2 aromatic rings. The first-order valence-corrected chi connectivity index (χ1v) is 5.03. The van der Waals surface area contributed by atoms with Crippen LogP contribution in [-0.2, 0) is 5.11 Å². The molecule has 0 atom stereocenters. The van der Waals surface area contributed by atoms with Gasteiger partial charge in [-0.1, -0.05) is 0 Å². The second-order valence-electron chi connectivity index (χ2n) is 2.63. The van der Waals surface area contributed by atoms with Crippen molar-refractivity contribution in [2.75, 3.05) is 12.4 Å². The fourth-order valence-corrected chi connectivity index (χ4v) is 1.84. The Kier molecular flexibility index (Phi) is 2.52. The van der Waals surface area contributed by atoms with Gasteiger partial charge in [0.15, 0.2) is 0 Å². The predicted molar refractivity (Wildman–Crippen MR) is 52.4 cm³/mol. The summed E-state index contributed by atoms with van der Waals surface area (Å²) in [6.45, 7) is -0.0384. The lowest BCUT2D eigenvalue weighted by Crippen LogP contribution is -1.83. The topological polar surface area (TPSA) is 48.6 Å². The number of nitrogens with zero attached hydrogens (tertiary/aromatic N) is 1. The SMILES string of the molecule is [O]CCSc1ccc2[nH]cnc2c1. The van der Waals surface area contributed by atoms with Crippen molar-refractivity contribution in [3.8, 4) is 0 Å². The zero-order chi connectivity index (χ0) is 9.10. The van der Waals surface area contributed by atoms with Crippen LogP contribution in [0, 0.1) is 0 Å². The lowest BCUT2D eigenvalue weighted by molar-refractivity contribution is 0.215. The Bertz CT molecular complexity index is 399.